The quantitative estimate of drug-likeness (QED) is 0.881. The summed E-state index contributed by atoms with van der Waals surface area (Å²) in [6.07, 6.45) is 4.16. The smallest absolute Gasteiger partial charge is 0.155 e. The number of phenolic OH excluding ortho intramolecular Hbond substituents is 1. The van der Waals surface area contributed by atoms with Crippen molar-refractivity contribution in [2.45, 2.75) is 38.6 Å². The number of fused-ring (bicyclic) bond motifs is 1. The lowest BCUT2D eigenvalue weighted by Crippen LogP contribution is -2.16. The maximum Gasteiger partial charge on any atom is 0.155 e. The average molecular weight is 243 g/mol. The third-order valence-corrected chi connectivity index (χ3v) is 3.48. The standard InChI is InChI=1S/C14H17N3O/c1-10-3-2-4-14-15-13(16-17(10)14)9-11-5-7-12(18)8-6-11/h5-8,10,18H,2-4,9H2,1H3. The molecule has 4 nitrogen and oxygen atoms in total. The molecule has 1 aromatic carbocycles. The van der Waals surface area contributed by atoms with Crippen LogP contribution in [0.3, 0.4) is 0 Å². The summed E-state index contributed by atoms with van der Waals surface area (Å²) < 4.78 is 2.07. The Kier molecular flexibility index (Phi) is 2.78. The molecule has 1 unspecified atom stereocenters. The minimum absolute atomic E-state index is 0.296. The molecule has 1 aromatic heterocycles. The number of nitrogens with zero attached hydrogens (tertiary/aromatic N) is 3. The Morgan fingerprint density at radius 2 is 2.11 bits per heavy atom. The number of phenols is 1. The van der Waals surface area contributed by atoms with E-state index in [-0.39, 0.29) is 0 Å². The first-order valence-electron chi connectivity index (χ1n) is 6.44. The maximum atomic E-state index is 9.25. The largest absolute Gasteiger partial charge is 0.508 e. The van der Waals surface area contributed by atoms with Crippen LogP contribution >= 0.6 is 0 Å². The van der Waals surface area contributed by atoms with Crippen molar-refractivity contribution < 1.29 is 5.11 Å². The zero-order valence-corrected chi connectivity index (χ0v) is 10.5. The van der Waals surface area contributed by atoms with Crippen LogP contribution in [0.2, 0.25) is 0 Å². The molecule has 94 valence electrons. The van der Waals surface area contributed by atoms with Crippen molar-refractivity contribution in [3.8, 4) is 5.75 Å². The molecule has 4 heteroatoms. The van der Waals surface area contributed by atoms with Crippen molar-refractivity contribution in [2.24, 2.45) is 0 Å². The molecule has 0 saturated heterocycles. The molecule has 0 aliphatic carbocycles. The van der Waals surface area contributed by atoms with Gasteiger partial charge in [-0.3, -0.25) is 0 Å². The van der Waals surface area contributed by atoms with Gasteiger partial charge in [-0.15, -0.1) is 0 Å². The summed E-state index contributed by atoms with van der Waals surface area (Å²) in [4.78, 5) is 4.61. The number of hydrogen-bond donors (Lipinski definition) is 1. The molecule has 1 aliphatic rings. The van der Waals surface area contributed by atoms with Crippen LogP contribution in [0.25, 0.3) is 0 Å². The first kappa shape index (κ1) is 11.3. The van der Waals surface area contributed by atoms with Crippen molar-refractivity contribution in [3.63, 3.8) is 0 Å². The van der Waals surface area contributed by atoms with E-state index in [1.807, 2.05) is 12.1 Å². The Labute approximate surface area is 106 Å². The highest BCUT2D eigenvalue weighted by molar-refractivity contribution is 5.27. The second kappa shape index (κ2) is 4.44. The van der Waals surface area contributed by atoms with E-state index in [2.05, 4.69) is 21.7 Å². The molecule has 2 aromatic rings. The third kappa shape index (κ3) is 2.10. The fourth-order valence-electron chi connectivity index (χ4n) is 2.48. The van der Waals surface area contributed by atoms with E-state index in [4.69, 9.17) is 0 Å². The number of hydrogen-bond acceptors (Lipinski definition) is 3. The molecule has 3 rings (SSSR count). The average Bonchev–Trinajstić information content (AvgIpc) is 2.76. The van der Waals surface area contributed by atoms with Gasteiger partial charge in [0.2, 0.25) is 0 Å². The molecule has 0 amide bonds. The van der Waals surface area contributed by atoms with Gasteiger partial charge in [-0.25, -0.2) is 9.67 Å². The molecular formula is C14H17N3O. The van der Waals surface area contributed by atoms with E-state index >= 15 is 0 Å². The summed E-state index contributed by atoms with van der Waals surface area (Å²) in [6.45, 7) is 2.20. The molecular weight excluding hydrogens is 226 g/mol. The highest BCUT2D eigenvalue weighted by Crippen LogP contribution is 2.23. The summed E-state index contributed by atoms with van der Waals surface area (Å²) in [6, 6.07) is 7.70. The predicted octanol–water partition coefficient (Wildman–Crippen LogP) is 2.47. The summed E-state index contributed by atoms with van der Waals surface area (Å²) in [5, 5.41) is 13.8. The zero-order valence-electron chi connectivity index (χ0n) is 10.5. The number of benzene rings is 1. The lowest BCUT2D eigenvalue weighted by Gasteiger charge is -2.18. The SMILES string of the molecule is CC1CCCc2nc(Cc3ccc(O)cc3)nn21. The number of rotatable bonds is 2. The highest BCUT2D eigenvalue weighted by atomic mass is 16.3. The lowest BCUT2D eigenvalue weighted by molar-refractivity contribution is 0.387. The van der Waals surface area contributed by atoms with Crippen molar-refractivity contribution >= 4 is 0 Å². The molecule has 1 N–H and O–H groups in total. The number of aromatic nitrogens is 3. The normalized spacial score (nSPS) is 18.6. The third-order valence-electron chi connectivity index (χ3n) is 3.48. The second-order valence-electron chi connectivity index (χ2n) is 4.97. The van der Waals surface area contributed by atoms with Crippen LogP contribution in [0.15, 0.2) is 24.3 Å². The Morgan fingerprint density at radius 1 is 1.33 bits per heavy atom. The summed E-state index contributed by atoms with van der Waals surface area (Å²) in [5.74, 6) is 2.29. The lowest BCUT2D eigenvalue weighted by atomic mass is 10.1. The molecule has 1 aliphatic heterocycles. The van der Waals surface area contributed by atoms with Crippen molar-refractivity contribution in [1.29, 1.82) is 0 Å². The predicted molar refractivity (Wildman–Crippen MR) is 68.6 cm³/mol. The molecule has 0 fully saturated rings. The van der Waals surface area contributed by atoms with Crippen molar-refractivity contribution in [2.75, 3.05) is 0 Å². The topological polar surface area (TPSA) is 50.9 Å². The van der Waals surface area contributed by atoms with Gasteiger partial charge in [0.25, 0.3) is 0 Å². The van der Waals surface area contributed by atoms with Gasteiger partial charge < -0.3 is 5.11 Å². The van der Waals surface area contributed by atoms with Gasteiger partial charge >= 0.3 is 0 Å². The van der Waals surface area contributed by atoms with Gasteiger partial charge in [0.1, 0.15) is 11.6 Å². The molecule has 2 heterocycles. The molecule has 18 heavy (non-hydrogen) atoms. The van der Waals surface area contributed by atoms with Gasteiger partial charge in [-0.2, -0.15) is 5.10 Å². The van der Waals surface area contributed by atoms with E-state index in [1.54, 1.807) is 12.1 Å². The molecule has 0 bridgehead atoms. The molecule has 0 radical (unpaired) electrons. The van der Waals surface area contributed by atoms with Crippen molar-refractivity contribution in [1.82, 2.24) is 14.8 Å². The van der Waals surface area contributed by atoms with Crippen molar-refractivity contribution in [3.05, 3.63) is 41.5 Å². The fraction of sp³-hybridized carbons (Fsp3) is 0.429. The van der Waals surface area contributed by atoms with Crippen LogP contribution < -0.4 is 0 Å². The van der Waals surface area contributed by atoms with Crippen LogP contribution in [0.5, 0.6) is 5.75 Å². The Hall–Kier alpha value is -1.84. The van der Waals surface area contributed by atoms with E-state index in [0.29, 0.717) is 11.8 Å². The zero-order chi connectivity index (χ0) is 12.5. The van der Waals surface area contributed by atoms with Crippen LogP contribution in [-0.2, 0) is 12.8 Å². The molecule has 0 spiro atoms. The molecule has 0 saturated carbocycles. The van der Waals surface area contributed by atoms with Gasteiger partial charge in [0, 0.05) is 12.8 Å². The molecule has 1 atom stereocenters. The van der Waals surface area contributed by atoms with Gasteiger partial charge in [-0.1, -0.05) is 12.1 Å². The first-order chi connectivity index (χ1) is 8.72. The number of aryl methyl sites for hydroxylation is 1. The van der Waals surface area contributed by atoms with E-state index in [1.165, 1.54) is 12.8 Å². The van der Waals surface area contributed by atoms with E-state index < -0.39 is 0 Å². The van der Waals surface area contributed by atoms with Crippen LogP contribution in [-0.4, -0.2) is 19.9 Å². The van der Waals surface area contributed by atoms with Gasteiger partial charge in [-0.05, 0) is 37.5 Å². The fourth-order valence-corrected chi connectivity index (χ4v) is 2.48. The Balaban J connectivity index is 1.83. The van der Waals surface area contributed by atoms with Crippen LogP contribution in [0.4, 0.5) is 0 Å². The van der Waals surface area contributed by atoms with Crippen LogP contribution in [0.1, 0.15) is 43.0 Å². The summed E-state index contributed by atoms with van der Waals surface area (Å²) in [5.41, 5.74) is 1.13. The highest BCUT2D eigenvalue weighted by Gasteiger charge is 2.19. The minimum atomic E-state index is 0.296. The first-order valence-corrected chi connectivity index (χ1v) is 6.44. The van der Waals surface area contributed by atoms with Crippen LogP contribution in [0, 0.1) is 0 Å². The van der Waals surface area contributed by atoms with Gasteiger partial charge in [0.15, 0.2) is 5.82 Å². The monoisotopic (exact) mass is 243 g/mol. The number of aromatic hydroxyl groups is 1. The van der Waals surface area contributed by atoms with E-state index in [9.17, 15) is 5.11 Å². The minimum Gasteiger partial charge on any atom is -0.508 e. The second-order valence-corrected chi connectivity index (χ2v) is 4.97. The summed E-state index contributed by atoms with van der Waals surface area (Å²) >= 11 is 0. The van der Waals surface area contributed by atoms with E-state index in [0.717, 1.165) is 30.1 Å². The Bertz CT molecular complexity index is 545. The maximum absolute atomic E-state index is 9.25. The summed E-state index contributed by atoms with van der Waals surface area (Å²) in [7, 11) is 0. The van der Waals surface area contributed by atoms with Gasteiger partial charge in [0.05, 0.1) is 6.04 Å². The Morgan fingerprint density at radius 3 is 2.83 bits per heavy atom.